The Bertz CT molecular complexity index is 896. The molecule has 1 fully saturated rings. The minimum atomic E-state index is -3.61. The van der Waals surface area contributed by atoms with Crippen LogP contribution in [-0.4, -0.2) is 52.4 Å². The molecular weight excluding hydrogens is 451 g/mol. The number of carbonyl (C=O) groups is 1. The first-order valence-electron chi connectivity index (χ1n) is 11.0. The zero-order valence-electron chi connectivity index (χ0n) is 19.9. The molecule has 1 saturated heterocycles. The highest BCUT2D eigenvalue weighted by atomic mass is 32.2. The van der Waals surface area contributed by atoms with E-state index in [2.05, 4.69) is 6.92 Å². The Kier molecular flexibility index (Phi) is 9.87. The maximum Gasteiger partial charge on any atom is 0.306 e. The summed E-state index contributed by atoms with van der Waals surface area (Å²) in [6.45, 7) is 8.99. The minimum absolute atomic E-state index is 0.0413. The average Bonchev–Trinajstić information content (AvgIpc) is 2.73. The van der Waals surface area contributed by atoms with Crippen LogP contribution in [0.5, 0.6) is 5.75 Å². The number of hydrogen-bond acceptors (Lipinski definition) is 7. The van der Waals surface area contributed by atoms with Crippen molar-refractivity contribution in [3.63, 3.8) is 0 Å². The van der Waals surface area contributed by atoms with Gasteiger partial charge in [0.2, 0.25) is 9.84 Å². The largest absolute Gasteiger partial charge is 0.489 e. The molecule has 1 aliphatic rings. The Morgan fingerprint density at radius 1 is 1.15 bits per heavy atom. The van der Waals surface area contributed by atoms with Crippen LogP contribution in [0.4, 0.5) is 4.39 Å². The van der Waals surface area contributed by atoms with Crippen LogP contribution in [0.25, 0.3) is 0 Å². The van der Waals surface area contributed by atoms with Crippen LogP contribution in [-0.2, 0) is 28.8 Å². The van der Waals surface area contributed by atoms with E-state index in [0.717, 1.165) is 12.8 Å². The fourth-order valence-electron chi connectivity index (χ4n) is 3.21. The first-order valence-corrected chi connectivity index (χ1v) is 12.7. The van der Waals surface area contributed by atoms with Crippen molar-refractivity contribution in [3.05, 3.63) is 36.2 Å². The number of sulfone groups is 1. The van der Waals surface area contributed by atoms with Crippen LogP contribution < -0.4 is 4.74 Å². The second-order valence-electron chi connectivity index (χ2n) is 9.62. The van der Waals surface area contributed by atoms with Gasteiger partial charge in [0, 0.05) is 19.6 Å². The number of halogens is 1. The Morgan fingerprint density at radius 3 is 2.36 bits per heavy atom. The summed E-state index contributed by atoms with van der Waals surface area (Å²) >= 11 is 0. The lowest BCUT2D eigenvalue weighted by Crippen LogP contribution is -2.31. The molecule has 0 amide bonds. The third-order valence-corrected chi connectivity index (χ3v) is 6.69. The van der Waals surface area contributed by atoms with Gasteiger partial charge >= 0.3 is 5.97 Å². The molecule has 2 rings (SSSR count). The molecule has 1 heterocycles. The zero-order chi connectivity index (χ0) is 24.5. The summed E-state index contributed by atoms with van der Waals surface area (Å²) in [5.74, 6) is -0.422. The van der Waals surface area contributed by atoms with Crippen LogP contribution in [0, 0.1) is 5.41 Å². The first kappa shape index (κ1) is 27.3. The predicted molar refractivity (Wildman–Crippen MR) is 122 cm³/mol. The Balaban J connectivity index is 1.81. The molecule has 7 nitrogen and oxygen atoms in total. The molecule has 0 aromatic heterocycles. The van der Waals surface area contributed by atoms with Gasteiger partial charge in [0.1, 0.15) is 18.0 Å². The lowest BCUT2D eigenvalue weighted by molar-refractivity contribution is -0.154. The number of esters is 1. The number of carbonyl (C=O) groups excluding carboxylic acids is 1. The van der Waals surface area contributed by atoms with Crippen molar-refractivity contribution >= 4 is 15.8 Å². The van der Waals surface area contributed by atoms with Gasteiger partial charge in [-0.1, -0.05) is 6.92 Å². The van der Waals surface area contributed by atoms with Crippen molar-refractivity contribution in [2.45, 2.75) is 63.9 Å². The standard InChI is InChI=1S/C24H35FO7S/c1-23(2,3)32-22(26)10-5-19(15-25)16-31-20-6-8-21(9-7-20)33(27,28)18-30-17-24(4)11-13-29-14-12-24/h6-9,15H,5,10-14,16-18H2,1-4H3/b19-15+. The highest BCUT2D eigenvalue weighted by Gasteiger charge is 2.28. The van der Waals surface area contributed by atoms with Gasteiger partial charge in [0.05, 0.1) is 17.8 Å². The monoisotopic (exact) mass is 486 g/mol. The van der Waals surface area contributed by atoms with Gasteiger partial charge in [0.25, 0.3) is 0 Å². The summed E-state index contributed by atoms with van der Waals surface area (Å²) in [4.78, 5) is 11.9. The van der Waals surface area contributed by atoms with Gasteiger partial charge in [-0.2, -0.15) is 0 Å². The highest BCUT2D eigenvalue weighted by Crippen LogP contribution is 2.30. The van der Waals surface area contributed by atoms with Crippen molar-refractivity contribution in [1.82, 2.24) is 0 Å². The Labute approximate surface area is 196 Å². The van der Waals surface area contributed by atoms with Crippen molar-refractivity contribution in [2.24, 2.45) is 5.41 Å². The maximum atomic E-state index is 13.2. The lowest BCUT2D eigenvalue weighted by atomic mass is 9.83. The van der Waals surface area contributed by atoms with E-state index in [-0.39, 0.29) is 29.8 Å². The highest BCUT2D eigenvalue weighted by molar-refractivity contribution is 7.91. The number of ether oxygens (including phenoxy) is 4. The fourth-order valence-corrected chi connectivity index (χ4v) is 4.20. The summed E-state index contributed by atoms with van der Waals surface area (Å²) in [7, 11) is -3.61. The molecule has 1 aliphatic heterocycles. The van der Waals surface area contributed by atoms with Gasteiger partial charge in [-0.25, -0.2) is 12.8 Å². The van der Waals surface area contributed by atoms with Crippen molar-refractivity contribution in [2.75, 3.05) is 32.4 Å². The molecule has 0 radical (unpaired) electrons. The SMILES string of the molecule is CC1(COCS(=O)(=O)c2ccc(OC/C(=C/F)CCC(=O)OC(C)(C)C)cc2)CCOCC1. The molecule has 33 heavy (non-hydrogen) atoms. The second kappa shape index (κ2) is 11.9. The van der Waals surface area contributed by atoms with Crippen molar-refractivity contribution in [1.29, 1.82) is 0 Å². The van der Waals surface area contributed by atoms with Crippen LogP contribution >= 0.6 is 0 Å². The zero-order valence-corrected chi connectivity index (χ0v) is 20.7. The molecule has 9 heteroatoms. The minimum Gasteiger partial charge on any atom is -0.489 e. The van der Waals surface area contributed by atoms with Gasteiger partial charge in [-0.05, 0) is 75.3 Å². The smallest absolute Gasteiger partial charge is 0.306 e. The summed E-state index contributed by atoms with van der Waals surface area (Å²) in [6, 6.07) is 5.89. The summed E-state index contributed by atoms with van der Waals surface area (Å²) in [6.07, 6.45) is 2.30. The van der Waals surface area contributed by atoms with Crippen LogP contribution in [0.15, 0.2) is 41.1 Å². The van der Waals surface area contributed by atoms with E-state index in [9.17, 15) is 17.6 Å². The molecule has 1 aromatic rings. The van der Waals surface area contributed by atoms with Crippen molar-refractivity contribution in [3.8, 4) is 5.75 Å². The lowest BCUT2D eigenvalue weighted by Gasteiger charge is -2.32. The second-order valence-corrected chi connectivity index (χ2v) is 11.6. The van der Waals surface area contributed by atoms with Gasteiger partial charge < -0.3 is 18.9 Å². The normalized spacial score (nSPS) is 16.9. The topological polar surface area (TPSA) is 88.1 Å². The number of hydrogen-bond donors (Lipinski definition) is 0. The van der Waals surface area contributed by atoms with E-state index < -0.39 is 27.3 Å². The fraction of sp³-hybridized carbons (Fsp3) is 0.625. The number of rotatable bonds is 11. The quantitative estimate of drug-likeness (QED) is 0.422. The summed E-state index contributed by atoms with van der Waals surface area (Å²) in [5, 5.41) is 0. The van der Waals surface area contributed by atoms with Crippen LogP contribution in [0.3, 0.4) is 0 Å². The molecule has 0 aliphatic carbocycles. The average molecular weight is 487 g/mol. The van der Waals surface area contributed by atoms with E-state index in [4.69, 9.17) is 18.9 Å². The molecule has 0 unspecified atom stereocenters. The third kappa shape index (κ3) is 9.81. The molecule has 1 aromatic carbocycles. The van der Waals surface area contributed by atoms with Crippen LogP contribution in [0.2, 0.25) is 0 Å². The van der Waals surface area contributed by atoms with Gasteiger partial charge in [-0.15, -0.1) is 0 Å². The number of benzene rings is 1. The maximum absolute atomic E-state index is 13.2. The first-order chi connectivity index (χ1) is 15.4. The molecule has 0 saturated carbocycles. The Hall–Kier alpha value is -1.97. The Morgan fingerprint density at radius 2 is 1.79 bits per heavy atom. The van der Waals surface area contributed by atoms with E-state index in [1.807, 2.05) is 0 Å². The van der Waals surface area contributed by atoms with E-state index in [1.165, 1.54) is 24.3 Å². The third-order valence-electron chi connectivity index (χ3n) is 5.22. The summed E-state index contributed by atoms with van der Waals surface area (Å²) < 4.78 is 59.9. The molecular formula is C24H35FO7S. The molecule has 186 valence electrons. The van der Waals surface area contributed by atoms with E-state index in [0.29, 0.717) is 37.5 Å². The predicted octanol–water partition coefficient (Wildman–Crippen LogP) is 4.61. The van der Waals surface area contributed by atoms with E-state index in [1.54, 1.807) is 20.8 Å². The molecule has 0 bridgehead atoms. The molecule has 0 spiro atoms. The van der Waals surface area contributed by atoms with Crippen molar-refractivity contribution < 1.29 is 36.6 Å². The van der Waals surface area contributed by atoms with Gasteiger partial charge in [0.15, 0.2) is 5.94 Å². The van der Waals surface area contributed by atoms with E-state index >= 15 is 0 Å². The molecule has 0 atom stereocenters. The molecule has 0 N–H and O–H groups in total. The van der Waals surface area contributed by atoms with Gasteiger partial charge in [-0.3, -0.25) is 4.79 Å². The summed E-state index contributed by atoms with van der Waals surface area (Å²) in [5.41, 5.74) is -0.368. The van der Waals surface area contributed by atoms with Crippen LogP contribution in [0.1, 0.15) is 53.4 Å².